The summed E-state index contributed by atoms with van der Waals surface area (Å²) in [6.45, 7) is 3.35. The number of piperidine rings is 2. The molecule has 1 amide bonds. The highest BCUT2D eigenvalue weighted by molar-refractivity contribution is 5.91. The molecule has 3 heterocycles. The molecule has 0 aromatic heterocycles. The van der Waals surface area contributed by atoms with Crippen molar-refractivity contribution in [1.82, 2.24) is 9.80 Å². The van der Waals surface area contributed by atoms with Crippen molar-refractivity contribution < 1.29 is 23.8 Å². The third-order valence-electron chi connectivity index (χ3n) is 8.45. The number of benzene rings is 2. The van der Waals surface area contributed by atoms with Crippen LogP contribution in [0.2, 0.25) is 0 Å². The zero-order valence-electron chi connectivity index (χ0n) is 21.2. The van der Waals surface area contributed by atoms with Gasteiger partial charge < -0.3 is 25.3 Å². The molecule has 0 radical (unpaired) electrons. The van der Waals surface area contributed by atoms with Gasteiger partial charge in [-0.1, -0.05) is 6.07 Å². The van der Waals surface area contributed by atoms with Gasteiger partial charge in [0.05, 0.1) is 23.3 Å². The molecular weight excluding hydrogens is 490 g/mol. The van der Waals surface area contributed by atoms with E-state index in [9.17, 15) is 23.8 Å². The van der Waals surface area contributed by atoms with Crippen molar-refractivity contribution in [3.8, 4) is 6.07 Å². The largest absolute Gasteiger partial charge is 0.389 e. The van der Waals surface area contributed by atoms with Gasteiger partial charge in [-0.05, 0) is 80.2 Å². The monoisotopic (exact) mass is 522 g/mol. The summed E-state index contributed by atoms with van der Waals surface area (Å²) in [5, 5.41) is 34.8. The number of amides is 1. The first-order valence-electron chi connectivity index (χ1n) is 13.0. The van der Waals surface area contributed by atoms with Crippen LogP contribution in [0.15, 0.2) is 42.5 Å². The number of hydrogen-bond donors (Lipinski definition) is 3. The number of nitrogens with zero attached hydrogens (tertiary/aromatic N) is 3. The number of rotatable bonds is 5. The van der Waals surface area contributed by atoms with Crippen LogP contribution in [0.3, 0.4) is 0 Å². The highest BCUT2D eigenvalue weighted by Crippen LogP contribution is 2.44. The van der Waals surface area contributed by atoms with Gasteiger partial charge in [-0.15, -0.1) is 0 Å². The van der Waals surface area contributed by atoms with Crippen LogP contribution in [0.5, 0.6) is 0 Å². The molecule has 3 N–H and O–H groups in total. The minimum atomic E-state index is -1.28. The number of aliphatic hydroxyl groups excluding tert-OH is 1. The predicted molar refractivity (Wildman–Crippen MR) is 139 cm³/mol. The molecule has 38 heavy (non-hydrogen) atoms. The van der Waals surface area contributed by atoms with Gasteiger partial charge in [0.2, 0.25) is 5.91 Å². The van der Waals surface area contributed by atoms with E-state index in [4.69, 9.17) is 5.26 Å². The van der Waals surface area contributed by atoms with Crippen LogP contribution in [0.25, 0.3) is 6.08 Å². The predicted octanol–water partition coefficient (Wildman–Crippen LogP) is 3.02. The van der Waals surface area contributed by atoms with E-state index in [2.05, 4.69) is 22.4 Å². The first-order chi connectivity index (χ1) is 18.2. The van der Waals surface area contributed by atoms with E-state index < -0.39 is 23.3 Å². The number of hydrogen-bond acceptors (Lipinski definition) is 6. The van der Waals surface area contributed by atoms with E-state index in [1.807, 2.05) is 12.1 Å². The number of halogens is 2. The third kappa shape index (κ3) is 5.30. The number of anilines is 1. The highest BCUT2D eigenvalue weighted by atomic mass is 19.1. The summed E-state index contributed by atoms with van der Waals surface area (Å²) in [6, 6.07) is 11.1. The Hall–Kier alpha value is -3.32. The second-order valence-electron chi connectivity index (χ2n) is 10.8. The fraction of sp³-hybridized carbons (Fsp3) is 0.448. The number of β-amino-alcohol motifs (C(OH)–C–C–N with tert-alkyl or cyclic N) is 1. The molecule has 0 saturated carbocycles. The third-order valence-corrected chi connectivity index (χ3v) is 8.45. The average molecular weight is 523 g/mol. The highest BCUT2D eigenvalue weighted by Gasteiger charge is 2.44. The minimum Gasteiger partial charge on any atom is -0.389 e. The summed E-state index contributed by atoms with van der Waals surface area (Å²) in [4.78, 5) is 16.3. The summed E-state index contributed by atoms with van der Waals surface area (Å²) >= 11 is 0. The van der Waals surface area contributed by atoms with Crippen molar-refractivity contribution in [1.29, 1.82) is 5.26 Å². The number of aliphatic hydroxyl groups is 2. The topological polar surface area (TPSA) is 99.8 Å². The zero-order chi connectivity index (χ0) is 26.9. The molecule has 1 atom stereocenters. The summed E-state index contributed by atoms with van der Waals surface area (Å²) in [5.74, 6) is -1.73. The SMILES string of the molecule is N#Cc1ccc2c(c1)NCC21CCN(C[C@@H](O)C2(O)CCN(C(=O)/C=C/c3cc(F)cc(F)c3)CC2)CC1. The molecule has 5 rings (SSSR count). The Morgan fingerprint density at radius 2 is 1.76 bits per heavy atom. The van der Waals surface area contributed by atoms with Gasteiger partial charge in [0.25, 0.3) is 0 Å². The molecule has 2 fully saturated rings. The van der Waals surface area contributed by atoms with Gasteiger partial charge in [-0.2, -0.15) is 5.26 Å². The summed E-state index contributed by atoms with van der Waals surface area (Å²) in [5.41, 5.74) is 1.93. The lowest BCUT2D eigenvalue weighted by molar-refractivity contribution is -0.140. The lowest BCUT2D eigenvalue weighted by Gasteiger charge is -2.44. The maximum Gasteiger partial charge on any atom is 0.246 e. The number of carbonyl (C=O) groups is 1. The fourth-order valence-electron chi connectivity index (χ4n) is 6.00. The van der Waals surface area contributed by atoms with E-state index in [1.54, 1.807) is 4.90 Å². The fourth-order valence-corrected chi connectivity index (χ4v) is 6.00. The molecule has 2 aromatic carbocycles. The lowest BCUT2D eigenvalue weighted by Crippen LogP contribution is -2.56. The Kier molecular flexibility index (Phi) is 7.23. The molecule has 1 spiro atoms. The van der Waals surface area contributed by atoms with Gasteiger partial charge in [0.15, 0.2) is 0 Å². The Balaban J connectivity index is 1.12. The van der Waals surface area contributed by atoms with Gasteiger partial charge in [-0.3, -0.25) is 4.79 Å². The van der Waals surface area contributed by atoms with Crippen molar-refractivity contribution in [2.24, 2.45) is 0 Å². The van der Waals surface area contributed by atoms with Crippen LogP contribution in [-0.2, 0) is 10.2 Å². The second-order valence-corrected chi connectivity index (χ2v) is 10.8. The molecule has 7 nitrogen and oxygen atoms in total. The van der Waals surface area contributed by atoms with Crippen LogP contribution in [-0.4, -0.2) is 76.9 Å². The molecule has 2 saturated heterocycles. The smallest absolute Gasteiger partial charge is 0.246 e. The Morgan fingerprint density at radius 1 is 1.08 bits per heavy atom. The molecular formula is C29H32F2N4O3. The number of carbonyl (C=O) groups excluding carboxylic acids is 1. The maximum absolute atomic E-state index is 13.4. The van der Waals surface area contributed by atoms with Crippen molar-refractivity contribution in [2.75, 3.05) is 44.6 Å². The first kappa shape index (κ1) is 26.3. The van der Waals surface area contributed by atoms with E-state index in [1.165, 1.54) is 17.7 Å². The van der Waals surface area contributed by atoms with Crippen LogP contribution in [0.4, 0.5) is 14.5 Å². The number of nitriles is 1. The van der Waals surface area contributed by atoms with E-state index in [0.717, 1.165) is 56.4 Å². The van der Waals surface area contributed by atoms with Crippen LogP contribution in [0.1, 0.15) is 42.4 Å². The Morgan fingerprint density at radius 3 is 2.42 bits per heavy atom. The van der Waals surface area contributed by atoms with Crippen molar-refractivity contribution in [3.05, 3.63) is 70.8 Å². The maximum atomic E-state index is 13.4. The van der Waals surface area contributed by atoms with Gasteiger partial charge in [0.1, 0.15) is 11.6 Å². The molecule has 2 aromatic rings. The molecule has 3 aliphatic heterocycles. The second kappa shape index (κ2) is 10.4. The number of nitrogens with one attached hydrogen (secondary N) is 1. The van der Waals surface area contributed by atoms with E-state index in [0.29, 0.717) is 12.1 Å². The van der Waals surface area contributed by atoms with Gasteiger partial charge in [-0.25, -0.2) is 8.78 Å². The normalized spacial score (nSPS) is 21.2. The summed E-state index contributed by atoms with van der Waals surface area (Å²) in [7, 11) is 0. The van der Waals surface area contributed by atoms with E-state index >= 15 is 0 Å². The minimum absolute atomic E-state index is 0.0260. The zero-order valence-corrected chi connectivity index (χ0v) is 21.2. The van der Waals surface area contributed by atoms with Gasteiger partial charge >= 0.3 is 0 Å². The number of fused-ring (bicyclic) bond motifs is 2. The van der Waals surface area contributed by atoms with Gasteiger partial charge in [0, 0.05) is 49.4 Å². The van der Waals surface area contributed by atoms with Crippen molar-refractivity contribution >= 4 is 17.7 Å². The van der Waals surface area contributed by atoms with Crippen LogP contribution in [0, 0.1) is 23.0 Å². The molecule has 0 unspecified atom stereocenters. The molecule has 0 aliphatic carbocycles. The van der Waals surface area contributed by atoms with Crippen molar-refractivity contribution in [2.45, 2.75) is 42.8 Å². The summed E-state index contributed by atoms with van der Waals surface area (Å²) in [6.07, 6.45) is 4.05. The average Bonchev–Trinajstić information content (AvgIpc) is 3.25. The molecule has 9 heteroatoms. The molecule has 3 aliphatic rings. The lowest BCUT2D eigenvalue weighted by atomic mass is 9.74. The quantitative estimate of drug-likeness (QED) is 0.522. The molecule has 200 valence electrons. The summed E-state index contributed by atoms with van der Waals surface area (Å²) < 4.78 is 26.7. The Labute approximate surface area is 221 Å². The van der Waals surface area contributed by atoms with Crippen molar-refractivity contribution in [3.63, 3.8) is 0 Å². The first-order valence-corrected chi connectivity index (χ1v) is 13.0. The van der Waals surface area contributed by atoms with Crippen LogP contribution < -0.4 is 5.32 Å². The van der Waals surface area contributed by atoms with Crippen LogP contribution >= 0.6 is 0 Å². The number of likely N-dealkylation sites (tertiary alicyclic amines) is 2. The Bertz CT molecular complexity index is 1250. The van der Waals surface area contributed by atoms with E-state index in [-0.39, 0.29) is 42.8 Å². The standard InChI is InChI=1S/C29H32F2N4O3/c30-22-13-20(14-23(31)16-22)2-4-27(37)35-11-7-29(38,8-12-35)26(36)18-34-9-5-28(6-10-34)19-33-25-15-21(17-32)1-3-24(25)28/h1-4,13-16,26,33,36,38H,5-12,18-19H2/b4-2+/t26-/m1/s1. The molecule has 0 bridgehead atoms.